The largest absolute Gasteiger partial charge is 0.389 e. The Balaban J connectivity index is 2.48. The summed E-state index contributed by atoms with van der Waals surface area (Å²) >= 11 is 0. The van der Waals surface area contributed by atoms with Crippen LogP contribution in [-0.4, -0.2) is 12.2 Å². The van der Waals surface area contributed by atoms with Crippen LogP contribution in [0.15, 0.2) is 48.5 Å². The molecule has 3 heteroatoms. The van der Waals surface area contributed by atoms with Crippen LogP contribution < -0.4 is 4.90 Å². The SMILES string of the molecule is C[C@@H](O)c1c(F)cccc1N(C)c1ccccc1. The first-order chi connectivity index (χ1) is 8.61. The average Bonchev–Trinajstić information content (AvgIpc) is 2.38. The van der Waals surface area contributed by atoms with E-state index in [0.717, 1.165) is 5.69 Å². The van der Waals surface area contributed by atoms with Crippen LogP contribution in [0.5, 0.6) is 0 Å². The molecule has 0 saturated heterocycles. The third-order valence-corrected chi connectivity index (χ3v) is 2.95. The molecule has 2 rings (SSSR count). The fraction of sp³-hybridized carbons (Fsp3) is 0.200. The Bertz CT molecular complexity index is 525. The second kappa shape index (κ2) is 5.19. The van der Waals surface area contributed by atoms with Crippen molar-refractivity contribution in [1.82, 2.24) is 0 Å². The molecule has 0 aliphatic rings. The number of para-hydroxylation sites is 1. The number of halogens is 1. The monoisotopic (exact) mass is 245 g/mol. The normalized spacial score (nSPS) is 12.2. The number of aliphatic hydroxyl groups excluding tert-OH is 1. The third kappa shape index (κ3) is 2.36. The molecule has 0 amide bonds. The lowest BCUT2D eigenvalue weighted by atomic mass is 10.1. The van der Waals surface area contributed by atoms with Gasteiger partial charge in [-0.2, -0.15) is 0 Å². The average molecular weight is 245 g/mol. The zero-order valence-electron chi connectivity index (χ0n) is 10.5. The first kappa shape index (κ1) is 12.6. The van der Waals surface area contributed by atoms with Gasteiger partial charge in [-0.3, -0.25) is 0 Å². The standard InChI is InChI=1S/C15H16FNO/c1-11(18)15-13(16)9-6-10-14(15)17(2)12-7-4-3-5-8-12/h3-11,18H,1-2H3/t11-/m1/s1. The molecule has 0 bridgehead atoms. The maximum Gasteiger partial charge on any atom is 0.131 e. The van der Waals surface area contributed by atoms with Crippen molar-refractivity contribution in [3.63, 3.8) is 0 Å². The summed E-state index contributed by atoms with van der Waals surface area (Å²) in [6.07, 6.45) is -0.840. The summed E-state index contributed by atoms with van der Waals surface area (Å²) in [4.78, 5) is 1.87. The van der Waals surface area contributed by atoms with E-state index in [2.05, 4.69) is 0 Å². The van der Waals surface area contributed by atoms with E-state index in [4.69, 9.17) is 0 Å². The number of hydrogen-bond acceptors (Lipinski definition) is 2. The van der Waals surface area contributed by atoms with Crippen LogP contribution >= 0.6 is 0 Å². The highest BCUT2D eigenvalue weighted by Crippen LogP contribution is 2.32. The van der Waals surface area contributed by atoms with Gasteiger partial charge < -0.3 is 10.0 Å². The van der Waals surface area contributed by atoms with Crippen molar-refractivity contribution in [3.05, 3.63) is 59.9 Å². The quantitative estimate of drug-likeness (QED) is 0.892. The topological polar surface area (TPSA) is 23.5 Å². The molecule has 94 valence electrons. The second-order valence-corrected chi connectivity index (χ2v) is 4.24. The van der Waals surface area contributed by atoms with Crippen LogP contribution in [0.3, 0.4) is 0 Å². The predicted molar refractivity (Wildman–Crippen MR) is 71.5 cm³/mol. The van der Waals surface area contributed by atoms with Crippen molar-refractivity contribution >= 4 is 11.4 Å². The molecule has 0 unspecified atom stereocenters. The van der Waals surface area contributed by atoms with Gasteiger partial charge in [0.25, 0.3) is 0 Å². The molecule has 0 heterocycles. The van der Waals surface area contributed by atoms with Gasteiger partial charge in [-0.1, -0.05) is 24.3 Å². The molecule has 0 radical (unpaired) electrons. The lowest BCUT2D eigenvalue weighted by Gasteiger charge is -2.24. The summed E-state index contributed by atoms with van der Waals surface area (Å²) in [5.41, 5.74) is 1.95. The summed E-state index contributed by atoms with van der Waals surface area (Å²) in [7, 11) is 1.86. The minimum Gasteiger partial charge on any atom is -0.389 e. The van der Waals surface area contributed by atoms with Gasteiger partial charge in [-0.05, 0) is 31.2 Å². The second-order valence-electron chi connectivity index (χ2n) is 4.24. The van der Waals surface area contributed by atoms with Gasteiger partial charge in [-0.15, -0.1) is 0 Å². The van der Waals surface area contributed by atoms with E-state index in [1.807, 2.05) is 42.3 Å². The zero-order valence-corrected chi connectivity index (χ0v) is 10.5. The van der Waals surface area contributed by atoms with E-state index in [-0.39, 0.29) is 5.82 Å². The molecule has 2 aromatic carbocycles. The maximum atomic E-state index is 13.8. The van der Waals surface area contributed by atoms with Crippen LogP contribution in [-0.2, 0) is 0 Å². The number of rotatable bonds is 3. The van der Waals surface area contributed by atoms with E-state index in [1.165, 1.54) is 6.07 Å². The van der Waals surface area contributed by atoms with Crippen molar-refractivity contribution in [2.24, 2.45) is 0 Å². The van der Waals surface area contributed by atoms with E-state index in [9.17, 15) is 9.50 Å². The van der Waals surface area contributed by atoms with Gasteiger partial charge in [0.2, 0.25) is 0 Å². The highest BCUT2D eigenvalue weighted by molar-refractivity contribution is 5.66. The molecule has 0 aliphatic heterocycles. The number of aliphatic hydroxyl groups is 1. The van der Waals surface area contributed by atoms with E-state index >= 15 is 0 Å². The van der Waals surface area contributed by atoms with Crippen LogP contribution in [0.25, 0.3) is 0 Å². The fourth-order valence-corrected chi connectivity index (χ4v) is 2.02. The van der Waals surface area contributed by atoms with Crippen molar-refractivity contribution in [3.8, 4) is 0 Å². The number of hydrogen-bond donors (Lipinski definition) is 1. The van der Waals surface area contributed by atoms with Gasteiger partial charge in [0.15, 0.2) is 0 Å². The van der Waals surface area contributed by atoms with Crippen molar-refractivity contribution in [2.75, 3.05) is 11.9 Å². The van der Waals surface area contributed by atoms with Crippen molar-refractivity contribution in [2.45, 2.75) is 13.0 Å². The molecule has 1 atom stereocenters. The Labute approximate surface area is 106 Å². The molecular weight excluding hydrogens is 229 g/mol. The van der Waals surface area contributed by atoms with E-state index in [1.54, 1.807) is 19.1 Å². The van der Waals surface area contributed by atoms with E-state index in [0.29, 0.717) is 11.3 Å². The minimum atomic E-state index is -0.840. The Morgan fingerprint density at radius 2 is 1.72 bits per heavy atom. The molecule has 0 saturated carbocycles. The highest BCUT2D eigenvalue weighted by Gasteiger charge is 2.16. The Morgan fingerprint density at radius 1 is 1.06 bits per heavy atom. The van der Waals surface area contributed by atoms with Crippen LogP contribution in [0.1, 0.15) is 18.6 Å². The van der Waals surface area contributed by atoms with Crippen LogP contribution in [0.4, 0.5) is 15.8 Å². The Kier molecular flexibility index (Phi) is 3.63. The lowest BCUT2D eigenvalue weighted by Crippen LogP contribution is -2.13. The minimum absolute atomic E-state index is 0.323. The van der Waals surface area contributed by atoms with Gasteiger partial charge in [-0.25, -0.2) is 4.39 Å². The van der Waals surface area contributed by atoms with Gasteiger partial charge >= 0.3 is 0 Å². The summed E-state index contributed by atoms with van der Waals surface area (Å²) in [5.74, 6) is -0.384. The summed E-state index contributed by atoms with van der Waals surface area (Å²) in [6, 6.07) is 14.5. The molecule has 2 aromatic rings. The molecule has 0 spiro atoms. The highest BCUT2D eigenvalue weighted by atomic mass is 19.1. The molecule has 0 aromatic heterocycles. The summed E-state index contributed by atoms with van der Waals surface area (Å²) in [6.45, 7) is 1.57. The molecule has 0 aliphatic carbocycles. The molecule has 1 N–H and O–H groups in total. The van der Waals surface area contributed by atoms with Crippen molar-refractivity contribution in [1.29, 1.82) is 0 Å². The zero-order chi connectivity index (χ0) is 13.1. The van der Waals surface area contributed by atoms with Crippen LogP contribution in [0.2, 0.25) is 0 Å². The lowest BCUT2D eigenvalue weighted by molar-refractivity contribution is 0.194. The maximum absolute atomic E-state index is 13.8. The van der Waals surface area contributed by atoms with Gasteiger partial charge in [0.05, 0.1) is 6.10 Å². The first-order valence-electron chi connectivity index (χ1n) is 5.86. The fourth-order valence-electron chi connectivity index (χ4n) is 2.02. The molecule has 18 heavy (non-hydrogen) atoms. The van der Waals surface area contributed by atoms with Crippen LogP contribution in [0, 0.1) is 5.82 Å². The smallest absolute Gasteiger partial charge is 0.131 e. The summed E-state index contributed by atoms with van der Waals surface area (Å²) in [5, 5.41) is 9.71. The Hall–Kier alpha value is -1.87. The van der Waals surface area contributed by atoms with E-state index < -0.39 is 6.10 Å². The predicted octanol–water partition coefficient (Wildman–Crippen LogP) is 3.65. The van der Waals surface area contributed by atoms with Gasteiger partial charge in [0.1, 0.15) is 5.82 Å². The van der Waals surface area contributed by atoms with Crippen molar-refractivity contribution < 1.29 is 9.50 Å². The molecule has 0 fully saturated rings. The first-order valence-corrected chi connectivity index (χ1v) is 5.86. The number of anilines is 2. The molecule has 2 nitrogen and oxygen atoms in total. The molecular formula is C15H16FNO. The number of nitrogens with zero attached hydrogens (tertiary/aromatic N) is 1. The third-order valence-electron chi connectivity index (χ3n) is 2.95. The number of benzene rings is 2. The summed E-state index contributed by atoms with van der Waals surface area (Å²) < 4.78 is 13.8. The van der Waals surface area contributed by atoms with Gasteiger partial charge in [0, 0.05) is 24.0 Å². The Morgan fingerprint density at radius 3 is 2.33 bits per heavy atom.